The second-order valence-corrected chi connectivity index (χ2v) is 16.9. The van der Waals surface area contributed by atoms with Gasteiger partial charge in [-0.3, -0.25) is 4.90 Å². The summed E-state index contributed by atoms with van der Waals surface area (Å²) >= 11 is 8.08. The van der Waals surface area contributed by atoms with E-state index in [0.29, 0.717) is 70.4 Å². The lowest BCUT2D eigenvalue weighted by Crippen LogP contribution is -2.47. The van der Waals surface area contributed by atoms with Crippen LogP contribution in [0.2, 0.25) is 0 Å². The van der Waals surface area contributed by atoms with E-state index in [0.717, 1.165) is 53.3 Å². The second-order valence-electron chi connectivity index (χ2n) is 15.5. The number of piperazine rings is 1. The van der Waals surface area contributed by atoms with Crippen molar-refractivity contribution in [1.29, 1.82) is 0 Å². The molecule has 3 aromatic carbocycles. The van der Waals surface area contributed by atoms with E-state index in [1.54, 1.807) is 37.6 Å². The highest BCUT2D eigenvalue weighted by atomic mass is 35.5. The maximum Gasteiger partial charge on any atom is 0.345 e. The molecule has 0 saturated carbocycles. The molecule has 0 aliphatic carbocycles. The number of hydrogen-bond donors (Lipinski definition) is 1. The molecule has 2 atom stereocenters. The number of methoxy groups -OCH3 is 1. The monoisotopic (exact) mass is 900 g/mol. The highest BCUT2D eigenvalue weighted by Gasteiger charge is 2.28. The quantitative estimate of drug-likeness (QED) is 0.140. The van der Waals surface area contributed by atoms with Crippen LogP contribution in [0.15, 0.2) is 108 Å². The van der Waals surface area contributed by atoms with E-state index in [2.05, 4.69) is 37.7 Å². The Morgan fingerprint density at radius 1 is 1.03 bits per heavy atom. The summed E-state index contributed by atoms with van der Waals surface area (Å²) in [5, 5.41) is 11.4. The summed E-state index contributed by atoms with van der Waals surface area (Å²) in [5.41, 5.74) is 4.41. The molecular weight excluding hydrogens is 855 g/mol. The number of likely N-dealkylation sites (N-methyl/N-ethyl adjacent to an activating group) is 1. The Bertz CT molecular complexity index is 2730. The van der Waals surface area contributed by atoms with Crippen LogP contribution in [0.5, 0.6) is 17.4 Å². The molecule has 0 radical (unpaired) electrons. The van der Waals surface area contributed by atoms with Crippen molar-refractivity contribution in [3.8, 4) is 51.6 Å². The van der Waals surface area contributed by atoms with Crippen molar-refractivity contribution in [3.63, 3.8) is 0 Å². The molecular formula is C49H46ClFN6O6S. The van der Waals surface area contributed by atoms with Crippen molar-refractivity contribution in [2.24, 2.45) is 0 Å². The van der Waals surface area contributed by atoms with E-state index in [-0.39, 0.29) is 35.9 Å². The number of halogens is 2. The van der Waals surface area contributed by atoms with E-state index in [1.165, 1.54) is 29.8 Å². The molecule has 5 heterocycles. The molecule has 328 valence electrons. The first-order valence-electron chi connectivity index (χ1n) is 20.9. The molecule has 2 aliphatic rings. The topological polar surface area (TPSA) is 132 Å². The molecule has 0 unspecified atom stereocenters. The Morgan fingerprint density at radius 3 is 2.62 bits per heavy atom. The van der Waals surface area contributed by atoms with Crippen LogP contribution in [0.25, 0.3) is 32.0 Å². The molecule has 0 amide bonds. The molecule has 2 aliphatic heterocycles. The third-order valence-corrected chi connectivity index (χ3v) is 12.7. The molecule has 1 saturated heterocycles. The summed E-state index contributed by atoms with van der Waals surface area (Å²) in [4.78, 5) is 37.5. The molecule has 8 rings (SSSR count). The molecule has 1 N–H and O–H groups in total. The van der Waals surface area contributed by atoms with Crippen LogP contribution in [0.3, 0.4) is 0 Å². The second kappa shape index (κ2) is 20.4. The van der Waals surface area contributed by atoms with Crippen LogP contribution in [0.1, 0.15) is 28.8 Å². The predicted molar refractivity (Wildman–Crippen MR) is 245 cm³/mol. The number of terminal acetylenes is 1. The molecule has 0 spiro atoms. The smallest absolute Gasteiger partial charge is 0.345 e. The number of aliphatic carboxylic acids is 1. The normalized spacial score (nSPS) is 18.8. The van der Waals surface area contributed by atoms with Crippen molar-refractivity contribution in [1.82, 2.24) is 29.7 Å². The van der Waals surface area contributed by atoms with Gasteiger partial charge in [0.25, 0.3) is 0 Å². The Labute approximate surface area is 380 Å². The summed E-state index contributed by atoms with van der Waals surface area (Å²) in [6, 6.07) is 21.2. The predicted octanol–water partition coefficient (Wildman–Crippen LogP) is 8.38. The summed E-state index contributed by atoms with van der Waals surface area (Å²) in [7, 11) is 3.71. The summed E-state index contributed by atoms with van der Waals surface area (Å²) in [5.74, 6) is 3.04. The van der Waals surface area contributed by atoms with Crippen molar-refractivity contribution in [2.45, 2.75) is 44.5 Å². The number of hydrogen-bond acceptors (Lipinski definition) is 12. The van der Waals surface area contributed by atoms with Crippen molar-refractivity contribution in [2.75, 3.05) is 46.9 Å². The van der Waals surface area contributed by atoms with Gasteiger partial charge in [0.2, 0.25) is 12.0 Å². The maximum atomic E-state index is 14.2. The molecule has 2 bridgehead atoms. The van der Waals surface area contributed by atoms with E-state index in [1.807, 2.05) is 48.5 Å². The van der Waals surface area contributed by atoms with Crippen LogP contribution >= 0.6 is 22.9 Å². The largest absolute Gasteiger partial charge is 0.496 e. The lowest BCUT2D eigenvalue weighted by Gasteiger charge is -2.35. The Hall–Kier alpha value is -6.37. The highest BCUT2D eigenvalue weighted by Crippen LogP contribution is 2.42. The lowest BCUT2D eigenvalue weighted by molar-refractivity contribution is -0.145. The molecule has 3 aromatic heterocycles. The number of nitrogens with zero attached hydrogens (tertiary/aromatic N) is 6. The van der Waals surface area contributed by atoms with Crippen LogP contribution in [0, 0.1) is 18.2 Å². The Morgan fingerprint density at radius 2 is 1.84 bits per heavy atom. The van der Waals surface area contributed by atoms with E-state index in [9.17, 15) is 14.3 Å². The average molecular weight is 901 g/mol. The number of aryl methyl sites for hydroxylation is 1. The number of ether oxygens (including phenoxy) is 4. The van der Waals surface area contributed by atoms with E-state index < -0.39 is 12.1 Å². The van der Waals surface area contributed by atoms with Crippen LogP contribution < -0.4 is 14.2 Å². The van der Waals surface area contributed by atoms with Gasteiger partial charge in [0.15, 0.2) is 5.82 Å². The molecule has 1 fully saturated rings. The van der Waals surface area contributed by atoms with Gasteiger partial charge in [-0.05, 0) is 91.0 Å². The number of thiophene rings is 1. The Kier molecular flexibility index (Phi) is 14.1. The molecule has 12 nitrogen and oxygen atoms in total. The number of fused-ring (bicyclic) bond motifs is 2. The zero-order valence-electron chi connectivity index (χ0n) is 35.4. The van der Waals surface area contributed by atoms with Gasteiger partial charge < -0.3 is 29.0 Å². The lowest BCUT2D eigenvalue weighted by atomic mass is 9.99. The van der Waals surface area contributed by atoms with Gasteiger partial charge in [-0.15, -0.1) is 17.8 Å². The standard InChI is InChI=1S/C49H46ClFN6O6S/c1-4-39(50)42-11-7-9-38-44-47(53-30-54-48(44)64-45(38)32-14-16-34(51)17-15-32)63-43(49(58)59)27-33-26-31(12-18-36(62-42)28-57-24-22-56(2)23-25-57)13-19-40(33)61-29-35-20-21-52-46(55-35)37-8-5-6-10-41(37)60-3/h1,5-8,10-11,13-17,19-21,26,30,36,43H,9,12,18,22-25,27-29H2,2-3H3,(H,58,59)/b11-7-,42-39-/t36-,43+/m0/s1. The number of carbonyl (C=O) groups is 1. The van der Waals surface area contributed by atoms with Gasteiger partial charge in [0, 0.05) is 50.2 Å². The number of allylic oxidation sites excluding steroid dienone is 3. The van der Waals surface area contributed by atoms with Gasteiger partial charge in [-0.1, -0.05) is 60.0 Å². The third-order valence-electron chi connectivity index (χ3n) is 11.2. The number of aromatic nitrogens is 4. The van der Waals surface area contributed by atoms with E-state index >= 15 is 0 Å². The highest BCUT2D eigenvalue weighted by molar-refractivity contribution is 7.22. The fourth-order valence-electron chi connectivity index (χ4n) is 7.80. The number of carboxylic acids is 1. The molecule has 15 heteroatoms. The minimum absolute atomic E-state index is 0.0592. The first-order chi connectivity index (χ1) is 31.1. The summed E-state index contributed by atoms with van der Waals surface area (Å²) < 4.78 is 39.3. The summed E-state index contributed by atoms with van der Waals surface area (Å²) in [6.07, 6.45) is 12.3. The summed E-state index contributed by atoms with van der Waals surface area (Å²) in [6.45, 7) is 4.36. The molecule has 64 heavy (non-hydrogen) atoms. The maximum absolute atomic E-state index is 14.2. The number of benzene rings is 3. The first kappa shape index (κ1) is 44.2. The van der Waals surface area contributed by atoms with Gasteiger partial charge in [-0.25, -0.2) is 29.1 Å². The minimum atomic E-state index is -1.38. The van der Waals surface area contributed by atoms with Crippen LogP contribution in [-0.2, 0) is 35.4 Å². The third kappa shape index (κ3) is 10.5. The van der Waals surface area contributed by atoms with Gasteiger partial charge >= 0.3 is 5.97 Å². The van der Waals surface area contributed by atoms with Crippen LogP contribution in [0.4, 0.5) is 4.39 Å². The zero-order chi connectivity index (χ0) is 44.6. The number of para-hydroxylation sites is 1. The fraction of sp³-hybridized carbons (Fsp3) is 0.286. The number of carboxylic acid groups (broad SMARTS) is 1. The van der Waals surface area contributed by atoms with Gasteiger partial charge in [0.1, 0.15) is 52.0 Å². The van der Waals surface area contributed by atoms with Crippen molar-refractivity contribution >= 4 is 39.1 Å². The average Bonchev–Trinajstić information content (AvgIpc) is 3.69. The van der Waals surface area contributed by atoms with Gasteiger partial charge in [0.05, 0.1) is 23.8 Å². The van der Waals surface area contributed by atoms with E-state index in [4.69, 9.17) is 42.0 Å². The zero-order valence-corrected chi connectivity index (χ0v) is 36.9. The first-order valence-corrected chi connectivity index (χ1v) is 22.1. The van der Waals surface area contributed by atoms with Crippen molar-refractivity contribution in [3.05, 3.63) is 136 Å². The Balaban J connectivity index is 1.19. The minimum Gasteiger partial charge on any atom is -0.496 e. The van der Waals surface area contributed by atoms with Crippen LogP contribution in [-0.4, -0.2) is 99.9 Å². The molecule has 6 aromatic rings. The fourth-order valence-corrected chi connectivity index (χ4v) is 9.08. The SMILES string of the molecule is C#C/C(Cl)=C1\C=C/Cc2c(-c3ccc(F)cc3)sc3ncnc(c23)O[C@@H](C(=O)O)Cc2cc(ccc2OCc2ccnc(-c3ccccc3OC)n2)CC[C@@H](CN2CCN(C)CC2)O1. The van der Waals surface area contributed by atoms with Gasteiger partial charge in [-0.2, -0.15) is 0 Å². The number of rotatable bonds is 9. The van der Waals surface area contributed by atoms with Crippen molar-refractivity contribution < 1.29 is 33.2 Å².